The molecule has 2 nitrogen and oxygen atoms in total. The molecule has 0 saturated heterocycles. The molecule has 0 aromatic heterocycles. The lowest BCUT2D eigenvalue weighted by molar-refractivity contribution is 0.153. The highest BCUT2D eigenvalue weighted by molar-refractivity contribution is 9.10. The maximum Gasteiger partial charge on any atom is 0.137 e. The maximum absolute atomic E-state index is 13.4. The molecule has 0 saturated carbocycles. The molecule has 21 heavy (non-hydrogen) atoms. The third-order valence-electron chi connectivity index (χ3n) is 3.73. The number of hydrogen-bond donors (Lipinski definition) is 1. The molecule has 2 aromatic rings. The van der Waals surface area contributed by atoms with Crippen molar-refractivity contribution in [2.45, 2.75) is 18.6 Å². The van der Waals surface area contributed by atoms with Gasteiger partial charge in [0.25, 0.3) is 0 Å². The van der Waals surface area contributed by atoms with E-state index in [9.17, 15) is 8.78 Å². The minimum absolute atomic E-state index is 0.00159. The van der Waals surface area contributed by atoms with Crippen molar-refractivity contribution in [2.24, 2.45) is 0 Å². The predicted octanol–water partition coefficient (Wildman–Crippen LogP) is 4.51. The van der Waals surface area contributed by atoms with Crippen LogP contribution in [0.25, 0.3) is 0 Å². The lowest BCUT2D eigenvalue weighted by Gasteiger charge is -2.32. The Bertz CT molecular complexity index is 677. The molecule has 2 unspecified atom stereocenters. The molecule has 0 aliphatic carbocycles. The lowest BCUT2D eigenvalue weighted by Crippen LogP contribution is -2.26. The van der Waals surface area contributed by atoms with Crippen LogP contribution in [-0.4, -0.2) is 7.05 Å². The average molecular weight is 354 g/mol. The Kier molecular flexibility index (Phi) is 3.95. The Morgan fingerprint density at radius 2 is 2.00 bits per heavy atom. The van der Waals surface area contributed by atoms with Crippen molar-refractivity contribution in [1.82, 2.24) is 5.32 Å². The standard InChI is InChI=1S/C16H14BrF2NO/c1-20-14-8-16(9-2-4-13(19)12(17)6-9)21-15-5-3-10(18)7-11(14)15/h2-7,14,16,20H,8H2,1H3. The van der Waals surface area contributed by atoms with Crippen LogP contribution >= 0.6 is 15.9 Å². The molecule has 0 spiro atoms. The van der Waals surface area contributed by atoms with Crippen molar-refractivity contribution in [1.29, 1.82) is 0 Å². The Labute approximate surface area is 130 Å². The van der Waals surface area contributed by atoms with Gasteiger partial charge in [-0.15, -0.1) is 0 Å². The molecule has 0 fully saturated rings. The van der Waals surface area contributed by atoms with Gasteiger partial charge in [0, 0.05) is 18.0 Å². The Balaban J connectivity index is 1.96. The third-order valence-corrected chi connectivity index (χ3v) is 4.34. The number of nitrogens with one attached hydrogen (secondary N) is 1. The van der Waals surface area contributed by atoms with Gasteiger partial charge in [0.15, 0.2) is 0 Å². The van der Waals surface area contributed by atoms with Crippen molar-refractivity contribution in [3.63, 3.8) is 0 Å². The summed E-state index contributed by atoms with van der Waals surface area (Å²) in [7, 11) is 1.84. The van der Waals surface area contributed by atoms with E-state index in [1.54, 1.807) is 18.2 Å². The van der Waals surface area contributed by atoms with Gasteiger partial charge in [0.05, 0.1) is 4.47 Å². The Morgan fingerprint density at radius 3 is 2.71 bits per heavy atom. The molecule has 1 heterocycles. The minimum Gasteiger partial charge on any atom is -0.485 e. The van der Waals surface area contributed by atoms with Crippen LogP contribution in [0.1, 0.15) is 29.7 Å². The predicted molar refractivity (Wildman–Crippen MR) is 80.3 cm³/mol. The fraction of sp³-hybridized carbons (Fsp3) is 0.250. The highest BCUT2D eigenvalue weighted by Gasteiger charge is 2.29. The van der Waals surface area contributed by atoms with Crippen LogP contribution in [0, 0.1) is 11.6 Å². The molecule has 0 amide bonds. The number of hydrogen-bond acceptors (Lipinski definition) is 2. The molecule has 2 aromatic carbocycles. The molecule has 1 N–H and O–H groups in total. The van der Waals surface area contributed by atoms with E-state index in [0.717, 1.165) is 11.1 Å². The summed E-state index contributed by atoms with van der Waals surface area (Å²) in [6.07, 6.45) is 0.461. The van der Waals surface area contributed by atoms with Crippen molar-refractivity contribution < 1.29 is 13.5 Å². The van der Waals surface area contributed by atoms with Crippen molar-refractivity contribution in [3.05, 3.63) is 63.6 Å². The van der Waals surface area contributed by atoms with Crippen LogP contribution in [0.15, 0.2) is 40.9 Å². The maximum atomic E-state index is 13.4. The summed E-state index contributed by atoms with van der Waals surface area (Å²) in [6.45, 7) is 0. The van der Waals surface area contributed by atoms with Crippen LogP contribution in [-0.2, 0) is 0 Å². The summed E-state index contributed by atoms with van der Waals surface area (Å²) in [5, 5.41) is 3.18. The largest absolute Gasteiger partial charge is 0.485 e. The normalized spacial score (nSPS) is 20.8. The average Bonchev–Trinajstić information content (AvgIpc) is 2.49. The number of halogens is 3. The van der Waals surface area contributed by atoms with Crippen molar-refractivity contribution >= 4 is 15.9 Å². The molecule has 1 aliphatic rings. The minimum atomic E-state index is -0.304. The highest BCUT2D eigenvalue weighted by Crippen LogP contribution is 2.41. The van der Waals surface area contributed by atoms with Crippen LogP contribution in [0.3, 0.4) is 0 Å². The molecule has 0 bridgehead atoms. The molecular formula is C16H14BrF2NO. The number of rotatable bonds is 2. The van der Waals surface area contributed by atoms with Crippen molar-refractivity contribution in [2.75, 3.05) is 7.05 Å². The molecule has 3 rings (SSSR count). The molecule has 2 atom stereocenters. The van der Waals surface area contributed by atoms with Crippen LogP contribution < -0.4 is 10.1 Å². The fourth-order valence-corrected chi connectivity index (χ4v) is 3.03. The van der Waals surface area contributed by atoms with Crippen molar-refractivity contribution in [3.8, 4) is 5.75 Å². The van der Waals surface area contributed by atoms with E-state index in [0.29, 0.717) is 16.6 Å². The van der Waals surface area contributed by atoms with Gasteiger partial charge in [-0.1, -0.05) is 6.07 Å². The molecular weight excluding hydrogens is 340 g/mol. The number of benzene rings is 2. The van der Waals surface area contributed by atoms with Gasteiger partial charge in [-0.05, 0) is 58.9 Å². The molecule has 0 radical (unpaired) electrons. The second kappa shape index (κ2) is 5.73. The first-order valence-corrected chi connectivity index (χ1v) is 7.46. The smallest absolute Gasteiger partial charge is 0.137 e. The van der Waals surface area contributed by atoms with Gasteiger partial charge in [-0.2, -0.15) is 0 Å². The van der Waals surface area contributed by atoms with E-state index in [1.807, 2.05) is 7.05 Å². The molecule has 1 aliphatic heterocycles. The zero-order chi connectivity index (χ0) is 15.0. The second-order valence-electron chi connectivity index (χ2n) is 5.04. The number of ether oxygens (including phenoxy) is 1. The van der Waals surface area contributed by atoms with E-state index < -0.39 is 0 Å². The first kappa shape index (κ1) is 14.5. The summed E-state index contributed by atoms with van der Waals surface area (Å²) in [6, 6.07) is 9.37. The SMILES string of the molecule is CNC1CC(c2ccc(F)c(Br)c2)Oc2ccc(F)cc21. The van der Waals surface area contributed by atoms with Gasteiger partial charge in [0.1, 0.15) is 23.5 Å². The van der Waals surface area contributed by atoms with E-state index in [4.69, 9.17) is 4.74 Å². The van der Waals surface area contributed by atoms with Crippen LogP contribution in [0.2, 0.25) is 0 Å². The molecule has 110 valence electrons. The topological polar surface area (TPSA) is 21.3 Å². The van der Waals surface area contributed by atoms with Crippen LogP contribution in [0.5, 0.6) is 5.75 Å². The first-order valence-electron chi connectivity index (χ1n) is 6.67. The summed E-state index contributed by atoms with van der Waals surface area (Å²) < 4.78 is 33.1. The Morgan fingerprint density at radius 1 is 1.19 bits per heavy atom. The van der Waals surface area contributed by atoms with Gasteiger partial charge < -0.3 is 10.1 Å². The van der Waals surface area contributed by atoms with Gasteiger partial charge in [0.2, 0.25) is 0 Å². The van der Waals surface area contributed by atoms with E-state index in [-0.39, 0.29) is 23.8 Å². The van der Waals surface area contributed by atoms with E-state index in [2.05, 4.69) is 21.2 Å². The highest BCUT2D eigenvalue weighted by atomic mass is 79.9. The summed E-state index contributed by atoms with van der Waals surface area (Å²) >= 11 is 3.19. The first-order chi connectivity index (χ1) is 10.1. The second-order valence-corrected chi connectivity index (χ2v) is 5.89. The number of fused-ring (bicyclic) bond motifs is 1. The van der Waals surface area contributed by atoms with Gasteiger partial charge >= 0.3 is 0 Å². The van der Waals surface area contributed by atoms with Gasteiger partial charge in [-0.25, -0.2) is 8.78 Å². The van der Waals surface area contributed by atoms with E-state index in [1.165, 1.54) is 18.2 Å². The van der Waals surface area contributed by atoms with Gasteiger partial charge in [-0.3, -0.25) is 0 Å². The third kappa shape index (κ3) is 2.80. The zero-order valence-electron chi connectivity index (χ0n) is 11.4. The summed E-state index contributed by atoms with van der Waals surface area (Å²) in [5.74, 6) is 0.0789. The zero-order valence-corrected chi connectivity index (χ0v) is 13.0. The van der Waals surface area contributed by atoms with E-state index >= 15 is 0 Å². The van der Waals surface area contributed by atoms with Crippen LogP contribution in [0.4, 0.5) is 8.78 Å². The monoisotopic (exact) mass is 353 g/mol. The summed E-state index contributed by atoms with van der Waals surface area (Å²) in [4.78, 5) is 0. The quantitative estimate of drug-likeness (QED) is 0.857. The molecule has 5 heteroatoms. The summed E-state index contributed by atoms with van der Waals surface area (Å²) in [5.41, 5.74) is 1.70. The Hall–Kier alpha value is -1.46. The fourth-order valence-electron chi connectivity index (χ4n) is 2.63. The lowest BCUT2D eigenvalue weighted by atomic mass is 9.93.